The van der Waals surface area contributed by atoms with E-state index in [1.165, 1.54) is 43.1 Å². The predicted octanol–water partition coefficient (Wildman–Crippen LogP) is 5.51. The standard InChI is InChI=1S/C27H38FN5/c1-3-33(19-24-11-9-21(2)10-12-24)27-25(28)26(30-20-31-27)29-17-22-13-15-32(16-14-22)18-23-7-5-4-6-8-23/h4-8,13,20-21,24H,3,9-12,14-19H2,1-2H3,(H,29,30,31). The molecule has 2 aliphatic rings. The van der Waals surface area contributed by atoms with Gasteiger partial charge in [0.1, 0.15) is 6.33 Å². The number of nitrogens with one attached hydrogen (secondary N) is 1. The highest BCUT2D eigenvalue weighted by Crippen LogP contribution is 2.31. The molecule has 2 heterocycles. The molecule has 1 fully saturated rings. The van der Waals surface area contributed by atoms with E-state index in [2.05, 4.69) is 75.3 Å². The Morgan fingerprint density at radius 2 is 1.91 bits per heavy atom. The zero-order valence-electron chi connectivity index (χ0n) is 20.1. The Hall–Kier alpha value is -2.47. The van der Waals surface area contributed by atoms with Crippen LogP contribution in [0.5, 0.6) is 0 Å². The number of aromatic nitrogens is 2. The number of anilines is 2. The first-order valence-corrected chi connectivity index (χ1v) is 12.6. The second-order valence-corrected chi connectivity index (χ2v) is 9.71. The van der Waals surface area contributed by atoms with Crippen molar-refractivity contribution in [3.05, 3.63) is 59.7 Å². The summed E-state index contributed by atoms with van der Waals surface area (Å²) in [6.07, 6.45) is 9.75. The lowest BCUT2D eigenvalue weighted by Gasteiger charge is -2.32. The minimum absolute atomic E-state index is 0.309. The molecule has 1 saturated carbocycles. The van der Waals surface area contributed by atoms with E-state index in [-0.39, 0.29) is 5.82 Å². The highest BCUT2D eigenvalue weighted by molar-refractivity contribution is 5.51. The molecule has 5 nitrogen and oxygen atoms in total. The number of nitrogens with zero attached hydrogens (tertiary/aromatic N) is 4. The van der Waals surface area contributed by atoms with Gasteiger partial charge in [-0.1, -0.05) is 61.7 Å². The molecule has 1 aromatic carbocycles. The fourth-order valence-electron chi connectivity index (χ4n) is 4.99. The molecule has 0 spiro atoms. The second-order valence-electron chi connectivity index (χ2n) is 9.71. The summed E-state index contributed by atoms with van der Waals surface area (Å²) < 4.78 is 15.3. The molecule has 1 N–H and O–H groups in total. The van der Waals surface area contributed by atoms with Crippen molar-refractivity contribution in [1.29, 1.82) is 0 Å². The fraction of sp³-hybridized carbons (Fsp3) is 0.556. The van der Waals surface area contributed by atoms with Crippen LogP contribution in [0.25, 0.3) is 0 Å². The number of rotatable bonds is 9. The summed E-state index contributed by atoms with van der Waals surface area (Å²) in [5.74, 6) is 1.86. The van der Waals surface area contributed by atoms with Crippen LogP contribution in [0.4, 0.5) is 16.0 Å². The van der Waals surface area contributed by atoms with E-state index < -0.39 is 0 Å². The van der Waals surface area contributed by atoms with E-state index in [9.17, 15) is 0 Å². The van der Waals surface area contributed by atoms with Crippen LogP contribution in [0.2, 0.25) is 0 Å². The van der Waals surface area contributed by atoms with Crippen LogP contribution in [0.1, 0.15) is 51.5 Å². The van der Waals surface area contributed by atoms with Crippen LogP contribution in [0, 0.1) is 17.7 Å². The number of hydrogen-bond acceptors (Lipinski definition) is 5. The molecule has 6 heteroatoms. The number of halogens is 1. The molecule has 0 unspecified atom stereocenters. The Bertz CT molecular complexity index is 908. The molecule has 2 aromatic rings. The van der Waals surface area contributed by atoms with Gasteiger partial charge in [0.25, 0.3) is 0 Å². The van der Waals surface area contributed by atoms with Gasteiger partial charge in [0.2, 0.25) is 5.82 Å². The summed E-state index contributed by atoms with van der Waals surface area (Å²) in [4.78, 5) is 13.0. The van der Waals surface area contributed by atoms with Crippen molar-refractivity contribution in [3.8, 4) is 0 Å². The summed E-state index contributed by atoms with van der Waals surface area (Å²) in [7, 11) is 0. The molecule has 0 amide bonds. The van der Waals surface area contributed by atoms with Crippen molar-refractivity contribution in [2.45, 2.75) is 52.5 Å². The molecule has 1 aliphatic heterocycles. The third kappa shape index (κ3) is 6.53. The van der Waals surface area contributed by atoms with Gasteiger partial charge in [-0.15, -0.1) is 0 Å². The highest BCUT2D eigenvalue weighted by atomic mass is 19.1. The molecular formula is C27H38FN5. The Morgan fingerprint density at radius 1 is 1.12 bits per heavy atom. The van der Waals surface area contributed by atoms with Crippen molar-refractivity contribution in [2.75, 3.05) is 42.9 Å². The summed E-state index contributed by atoms with van der Waals surface area (Å²) in [6, 6.07) is 10.6. The lowest BCUT2D eigenvalue weighted by Crippen LogP contribution is -2.33. The quantitative estimate of drug-likeness (QED) is 0.509. The molecule has 178 valence electrons. The molecule has 1 aliphatic carbocycles. The number of hydrogen-bond donors (Lipinski definition) is 1. The average Bonchev–Trinajstić information content (AvgIpc) is 2.85. The van der Waals surface area contributed by atoms with E-state index in [1.54, 1.807) is 0 Å². The monoisotopic (exact) mass is 451 g/mol. The smallest absolute Gasteiger partial charge is 0.207 e. The van der Waals surface area contributed by atoms with Crippen LogP contribution in [0.3, 0.4) is 0 Å². The summed E-state index contributed by atoms with van der Waals surface area (Å²) in [5.41, 5.74) is 2.65. The van der Waals surface area contributed by atoms with Gasteiger partial charge in [-0.3, -0.25) is 4.90 Å². The van der Waals surface area contributed by atoms with Gasteiger partial charge in [0, 0.05) is 39.3 Å². The number of benzene rings is 1. The van der Waals surface area contributed by atoms with Crippen LogP contribution in [-0.4, -0.2) is 47.6 Å². The Morgan fingerprint density at radius 3 is 2.61 bits per heavy atom. The molecule has 33 heavy (non-hydrogen) atoms. The van der Waals surface area contributed by atoms with Crippen molar-refractivity contribution in [1.82, 2.24) is 14.9 Å². The van der Waals surface area contributed by atoms with E-state index in [0.717, 1.165) is 45.1 Å². The Balaban J connectivity index is 1.32. The minimum atomic E-state index is -0.328. The first-order chi connectivity index (χ1) is 16.1. The van der Waals surface area contributed by atoms with Crippen molar-refractivity contribution >= 4 is 11.6 Å². The third-order valence-corrected chi connectivity index (χ3v) is 7.19. The van der Waals surface area contributed by atoms with Gasteiger partial charge in [-0.2, -0.15) is 4.39 Å². The highest BCUT2D eigenvalue weighted by Gasteiger charge is 2.23. The maximum absolute atomic E-state index is 15.3. The Kier molecular flexibility index (Phi) is 8.32. The molecule has 0 bridgehead atoms. The van der Waals surface area contributed by atoms with E-state index in [1.807, 2.05) is 0 Å². The molecule has 0 atom stereocenters. The SMILES string of the molecule is CCN(CC1CCC(C)CC1)c1ncnc(NCC2=CCN(Cc3ccccc3)CC2)c1F. The van der Waals surface area contributed by atoms with Gasteiger partial charge in [-0.05, 0) is 43.6 Å². The maximum atomic E-state index is 15.3. The predicted molar refractivity (Wildman–Crippen MR) is 134 cm³/mol. The second kappa shape index (κ2) is 11.6. The van der Waals surface area contributed by atoms with Crippen molar-refractivity contribution < 1.29 is 4.39 Å². The molecular weight excluding hydrogens is 413 g/mol. The van der Waals surface area contributed by atoms with Crippen molar-refractivity contribution in [3.63, 3.8) is 0 Å². The summed E-state index contributed by atoms with van der Waals surface area (Å²) in [6.45, 7) is 9.57. The topological polar surface area (TPSA) is 44.3 Å². The van der Waals surface area contributed by atoms with Crippen LogP contribution in [0.15, 0.2) is 48.3 Å². The lowest BCUT2D eigenvalue weighted by atomic mass is 9.83. The first-order valence-electron chi connectivity index (χ1n) is 12.6. The summed E-state index contributed by atoms with van der Waals surface area (Å²) >= 11 is 0. The maximum Gasteiger partial charge on any atom is 0.207 e. The zero-order chi connectivity index (χ0) is 23.0. The van der Waals surface area contributed by atoms with Crippen LogP contribution < -0.4 is 10.2 Å². The van der Waals surface area contributed by atoms with Crippen molar-refractivity contribution in [2.24, 2.45) is 11.8 Å². The lowest BCUT2D eigenvalue weighted by molar-refractivity contribution is 0.285. The fourth-order valence-corrected chi connectivity index (χ4v) is 4.99. The summed E-state index contributed by atoms with van der Waals surface area (Å²) in [5, 5.41) is 3.24. The molecule has 4 rings (SSSR count). The van der Waals surface area contributed by atoms with Gasteiger partial charge in [-0.25, -0.2) is 9.97 Å². The Labute approximate surface area is 198 Å². The normalized spacial score (nSPS) is 21.5. The van der Waals surface area contributed by atoms with Crippen LogP contribution in [-0.2, 0) is 6.54 Å². The van der Waals surface area contributed by atoms with Gasteiger partial charge >= 0.3 is 0 Å². The minimum Gasteiger partial charge on any atom is -0.364 e. The molecule has 0 saturated heterocycles. The largest absolute Gasteiger partial charge is 0.364 e. The van der Waals surface area contributed by atoms with Gasteiger partial charge in [0.05, 0.1) is 0 Å². The van der Waals surface area contributed by atoms with Gasteiger partial charge < -0.3 is 10.2 Å². The van der Waals surface area contributed by atoms with Gasteiger partial charge in [0.15, 0.2) is 11.6 Å². The van der Waals surface area contributed by atoms with E-state index >= 15 is 4.39 Å². The van der Waals surface area contributed by atoms with E-state index in [0.29, 0.717) is 24.1 Å². The molecule has 0 radical (unpaired) electrons. The molecule has 1 aromatic heterocycles. The third-order valence-electron chi connectivity index (χ3n) is 7.19. The zero-order valence-corrected chi connectivity index (χ0v) is 20.1. The first kappa shape index (κ1) is 23.7. The van der Waals surface area contributed by atoms with Crippen LogP contribution >= 0.6 is 0 Å². The average molecular weight is 452 g/mol. The van der Waals surface area contributed by atoms with E-state index in [4.69, 9.17) is 0 Å².